The third-order valence-corrected chi connectivity index (χ3v) is 1.75. The number of hydrogen-bond acceptors (Lipinski definition) is 3. The molecular formula is C7H8FN3. The van der Waals surface area contributed by atoms with E-state index in [0.29, 0.717) is 13.1 Å². The first-order chi connectivity index (χ1) is 5.36. The number of halogens is 1. The second kappa shape index (κ2) is 2.45. The van der Waals surface area contributed by atoms with Gasteiger partial charge in [-0.15, -0.1) is 0 Å². The van der Waals surface area contributed by atoms with Gasteiger partial charge in [0.1, 0.15) is 12.5 Å². The predicted molar refractivity (Wildman–Crippen MR) is 39.1 cm³/mol. The van der Waals surface area contributed by atoms with Crippen molar-refractivity contribution in [3.63, 3.8) is 0 Å². The molecule has 0 atom stereocenters. The Hall–Kier alpha value is -1.19. The van der Waals surface area contributed by atoms with Crippen molar-refractivity contribution < 1.29 is 4.39 Å². The molecule has 58 valence electrons. The SMILES string of the molecule is FC1CN(c2cncnc2)C1. The van der Waals surface area contributed by atoms with Crippen molar-refractivity contribution in [2.75, 3.05) is 18.0 Å². The highest BCUT2D eigenvalue weighted by molar-refractivity contribution is 5.44. The van der Waals surface area contributed by atoms with Crippen LogP contribution in [-0.2, 0) is 0 Å². The van der Waals surface area contributed by atoms with E-state index in [1.807, 2.05) is 4.90 Å². The Bertz CT molecular complexity index is 233. The molecule has 1 aliphatic rings. The second-order valence-electron chi connectivity index (χ2n) is 2.60. The Morgan fingerprint density at radius 2 is 2.00 bits per heavy atom. The van der Waals surface area contributed by atoms with Crippen LogP contribution in [0.4, 0.5) is 10.1 Å². The molecule has 2 heterocycles. The van der Waals surface area contributed by atoms with Gasteiger partial charge in [-0.25, -0.2) is 14.4 Å². The molecule has 1 aliphatic heterocycles. The van der Waals surface area contributed by atoms with Gasteiger partial charge in [-0.05, 0) is 0 Å². The summed E-state index contributed by atoms with van der Waals surface area (Å²) in [6.45, 7) is 0.959. The highest BCUT2D eigenvalue weighted by Crippen LogP contribution is 2.19. The Kier molecular flexibility index (Phi) is 1.45. The number of hydrogen-bond donors (Lipinski definition) is 0. The molecule has 0 unspecified atom stereocenters. The minimum Gasteiger partial charge on any atom is -0.363 e. The maximum Gasteiger partial charge on any atom is 0.135 e. The average Bonchev–Trinajstić information content (AvgIpc) is 2.01. The fraction of sp³-hybridized carbons (Fsp3) is 0.429. The lowest BCUT2D eigenvalue weighted by molar-refractivity contribution is 0.274. The van der Waals surface area contributed by atoms with Gasteiger partial charge >= 0.3 is 0 Å². The van der Waals surface area contributed by atoms with E-state index in [4.69, 9.17) is 0 Å². The molecule has 0 N–H and O–H groups in total. The van der Waals surface area contributed by atoms with Gasteiger partial charge in [-0.1, -0.05) is 0 Å². The van der Waals surface area contributed by atoms with Crippen LogP contribution in [0.3, 0.4) is 0 Å². The van der Waals surface area contributed by atoms with Crippen LogP contribution >= 0.6 is 0 Å². The van der Waals surface area contributed by atoms with E-state index in [1.165, 1.54) is 6.33 Å². The maximum atomic E-state index is 12.4. The fourth-order valence-corrected chi connectivity index (χ4v) is 1.09. The van der Waals surface area contributed by atoms with Crippen molar-refractivity contribution >= 4 is 5.69 Å². The summed E-state index contributed by atoms with van der Waals surface area (Å²) in [5.74, 6) is 0. The molecule has 1 aromatic heterocycles. The van der Waals surface area contributed by atoms with Gasteiger partial charge in [-0.3, -0.25) is 0 Å². The zero-order chi connectivity index (χ0) is 7.68. The lowest BCUT2D eigenvalue weighted by Gasteiger charge is -2.35. The Balaban J connectivity index is 2.08. The van der Waals surface area contributed by atoms with E-state index in [0.717, 1.165) is 5.69 Å². The van der Waals surface area contributed by atoms with Crippen molar-refractivity contribution in [1.29, 1.82) is 0 Å². The zero-order valence-corrected chi connectivity index (χ0v) is 5.94. The molecule has 0 radical (unpaired) electrons. The minimum atomic E-state index is -0.671. The molecule has 0 spiro atoms. The lowest BCUT2D eigenvalue weighted by Crippen LogP contribution is -2.48. The molecule has 4 heteroatoms. The third kappa shape index (κ3) is 1.15. The lowest BCUT2D eigenvalue weighted by atomic mass is 10.2. The fourth-order valence-electron chi connectivity index (χ4n) is 1.09. The summed E-state index contributed by atoms with van der Waals surface area (Å²) in [7, 11) is 0. The molecule has 3 nitrogen and oxygen atoms in total. The molecule has 0 aromatic carbocycles. The highest BCUT2D eigenvalue weighted by atomic mass is 19.1. The van der Waals surface area contributed by atoms with E-state index in [9.17, 15) is 4.39 Å². The molecule has 11 heavy (non-hydrogen) atoms. The summed E-state index contributed by atoms with van der Waals surface area (Å²) in [6.07, 6.45) is 4.18. The molecule has 1 aromatic rings. The van der Waals surface area contributed by atoms with E-state index >= 15 is 0 Å². The van der Waals surface area contributed by atoms with Gasteiger partial charge in [0.25, 0.3) is 0 Å². The standard InChI is InChI=1S/C7H8FN3/c8-6-3-11(4-6)7-1-9-5-10-2-7/h1-2,5-6H,3-4H2. The molecule has 0 saturated carbocycles. The molecular weight excluding hydrogens is 145 g/mol. The van der Waals surface area contributed by atoms with Crippen molar-refractivity contribution in [2.45, 2.75) is 6.17 Å². The zero-order valence-electron chi connectivity index (χ0n) is 5.94. The molecule has 0 aliphatic carbocycles. The van der Waals surface area contributed by atoms with Crippen LogP contribution in [0.1, 0.15) is 0 Å². The average molecular weight is 153 g/mol. The van der Waals surface area contributed by atoms with Crippen LogP contribution < -0.4 is 4.90 Å². The quantitative estimate of drug-likeness (QED) is 0.592. The van der Waals surface area contributed by atoms with Gasteiger partial charge in [0, 0.05) is 0 Å². The Morgan fingerprint density at radius 1 is 1.36 bits per heavy atom. The number of rotatable bonds is 1. The molecule has 2 rings (SSSR count). The summed E-state index contributed by atoms with van der Waals surface area (Å²) in [4.78, 5) is 9.58. The monoisotopic (exact) mass is 153 g/mol. The van der Waals surface area contributed by atoms with Crippen LogP contribution in [0.5, 0.6) is 0 Å². The largest absolute Gasteiger partial charge is 0.363 e. The van der Waals surface area contributed by atoms with Crippen LogP contribution in [-0.4, -0.2) is 29.2 Å². The third-order valence-electron chi connectivity index (χ3n) is 1.75. The van der Waals surface area contributed by atoms with Gasteiger partial charge in [0.05, 0.1) is 31.2 Å². The summed E-state index contributed by atoms with van der Waals surface area (Å²) in [5.41, 5.74) is 0.904. The van der Waals surface area contributed by atoms with Crippen molar-refractivity contribution in [1.82, 2.24) is 9.97 Å². The predicted octanol–water partition coefficient (Wildman–Crippen LogP) is 0.635. The summed E-state index contributed by atoms with van der Waals surface area (Å²) < 4.78 is 12.4. The first kappa shape index (κ1) is 6.52. The second-order valence-corrected chi connectivity index (χ2v) is 2.60. The van der Waals surface area contributed by atoms with Crippen molar-refractivity contribution in [3.8, 4) is 0 Å². The summed E-state index contributed by atoms with van der Waals surface area (Å²) in [6, 6.07) is 0. The van der Waals surface area contributed by atoms with Crippen LogP contribution in [0, 0.1) is 0 Å². The molecule has 0 bridgehead atoms. The van der Waals surface area contributed by atoms with E-state index in [-0.39, 0.29) is 0 Å². The van der Waals surface area contributed by atoms with Crippen LogP contribution in [0.15, 0.2) is 18.7 Å². The number of nitrogens with zero attached hydrogens (tertiary/aromatic N) is 3. The summed E-state index contributed by atoms with van der Waals surface area (Å²) >= 11 is 0. The Labute approximate surface area is 63.9 Å². The van der Waals surface area contributed by atoms with E-state index in [2.05, 4.69) is 9.97 Å². The summed E-state index contributed by atoms with van der Waals surface area (Å²) in [5, 5.41) is 0. The first-order valence-electron chi connectivity index (χ1n) is 3.50. The van der Waals surface area contributed by atoms with Gasteiger partial charge in [0.2, 0.25) is 0 Å². The number of alkyl halides is 1. The molecule has 0 amide bonds. The van der Waals surface area contributed by atoms with Gasteiger partial charge in [-0.2, -0.15) is 0 Å². The van der Waals surface area contributed by atoms with E-state index in [1.54, 1.807) is 12.4 Å². The highest BCUT2D eigenvalue weighted by Gasteiger charge is 2.26. The number of anilines is 1. The molecule has 1 fully saturated rings. The normalized spacial score (nSPS) is 18.1. The van der Waals surface area contributed by atoms with Crippen molar-refractivity contribution in [2.24, 2.45) is 0 Å². The maximum absolute atomic E-state index is 12.4. The smallest absolute Gasteiger partial charge is 0.135 e. The van der Waals surface area contributed by atoms with E-state index < -0.39 is 6.17 Å². The Morgan fingerprint density at radius 3 is 2.55 bits per heavy atom. The molecule has 1 saturated heterocycles. The topological polar surface area (TPSA) is 29.0 Å². The van der Waals surface area contributed by atoms with Crippen LogP contribution in [0.25, 0.3) is 0 Å². The number of aromatic nitrogens is 2. The van der Waals surface area contributed by atoms with Gasteiger partial charge < -0.3 is 4.90 Å². The van der Waals surface area contributed by atoms with Crippen molar-refractivity contribution in [3.05, 3.63) is 18.7 Å². The minimum absolute atomic E-state index is 0.480. The first-order valence-corrected chi connectivity index (χ1v) is 3.50. The van der Waals surface area contributed by atoms with Gasteiger partial charge in [0.15, 0.2) is 0 Å². The van der Waals surface area contributed by atoms with Crippen LogP contribution in [0.2, 0.25) is 0 Å².